The second-order valence-electron chi connectivity index (χ2n) is 5.95. The van der Waals surface area contributed by atoms with Crippen LogP contribution < -0.4 is 10.2 Å². The molecular weight excluding hydrogens is 307 g/mol. The third-order valence-corrected chi connectivity index (χ3v) is 3.96. The second-order valence-corrected chi connectivity index (χ2v) is 5.95. The van der Waals surface area contributed by atoms with Crippen LogP contribution in [0.25, 0.3) is 0 Å². The molecule has 0 bridgehead atoms. The summed E-state index contributed by atoms with van der Waals surface area (Å²) in [5.74, 6) is 0. The van der Waals surface area contributed by atoms with E-state index in [9.17, 15) is 18.0 Å². The highest BCUT2D eigenvalue weighted by atomic mass is 19.4. The first-order valence-corrected chi connectivity index (χ1v) is 7.73. The standard InChI is InChI=1S/C16H22F3N3O/c1-21(2)12-7-8-14(13(11-12)16(17,18)19)20-15(23)22-9-5-3-4-6-10-22/h7-8,11H,3-6,9-10H2,1-2H3,(H,20,23). The Balaban J connectivity index is 2.22. The summed E-state index contributed by atoms with van der Waals surface area (Å²) >= 11 is 0. The van der Waals surface area contributed by atoms with Gasteiger partial charge < -0.3 is 15.1 Å². The number of carbonyl (C=O) groups is 1. The Labute approximate surface area is 134 Å². The van der Waals surface area contributed by atoms with E-state index in [1.54, 1.807) is 30.0 Å². The molecule has 0 aliphatic carbocycles. The van der Waals surface area contributed by atoms with E-state index >= 15 is 0 Å². The zero-order valence-corrected chi connectivity index (χ0v) is 13.4. The lowest BCUT2D eigenvalue weighted by atomic mass is 10.1. The molecule has 4 nitrogen and oxygen atoms in total. The van der Waals surface area contributed by atoms with Gasteiger partial charge in [-0.25, -0.2) is 4.79 Å². The number of nitrogens with zero attached hydrogens (tertiary/aromatic N) is 2. The molecule has 1 fully saturated rings. The summed E-state index contributed by atoms with van der Waals surface area (Å²) < 4.78 is 39.8. The molecule has 1 aromatic carbocycles. The van der Waals surface area contributed by atoms with Gasteiger partial charge in [0.15, 0.2) is 0 Å². The Kier molecular flexibility index (Phi) is 5.38. The first kappa shape index (κ1) is 17.4. The summed E-state index contributed by atoms with van der Waals surface area (Å²) in [6.45, 7) is 1.17. The Bertz CT molecular complexity index is 550. The molecule has 0 saturated carbocycles. The number of halogens is 3. The highest BCUT2D eigenvalue weighted by Crippen LogP contribution is 2.37. The largest absolute Gasteiger partial charge is 0.418 e. The topological polar surface area (TPSA) is 35.6 Å². The summed E-state index contributed by atoms with van der Waals surface area (Å²) in [7, 11) is 3.34. The van der Waals surface area contributed by atoms with Crippen molar-refractivity contribution in [2.24, 2.45) is 0 Å². The van der Waals surface area contributed by atoms with Gasteiger partial charge in [0.05, 0.1) is 11.3 Å². The number of anilines is 2. The molecule has 1 N–H and O–H groups in total. The van der Waals surface area contributed by atoms with Crippen molar-refractivity contribution in [1.29, 1.82) is 0 Å². The fourth-order valence-corrected chi connectivity index (χ4v) is 2.62. The SMILES string of the molecule is CN(C)c1ccc(NC(=O)N2CCCCCC2)c(C(F)(F)F)c1. The van der Waals surface area contributed by atoms with Gasteiger partial charge in [-0.3, -0.25) is 0 Å². The highest BCUT2D eigenvalue weighted by molar-refractivity contribution is 5.90. The lowest BCUT2D eigenvalue weighted by molar-refractivity contribution is -0.136. The Morgan fingerprint density at radius 2 is 1.74 bits per heavy atom. The molecule has 1 aromatic rings. The molecule has 128 valence electrons. The fraction of sp³-hybridized carbons (Fsp3) is 0.562. The van der Waals surface area contributed by atoms with Crippen LogP contribution in [-0.2, 0) is 6.18 Å². The van der Waals surface area contributed by atoms with E-state index < -0.39 is 17.8 Å². The summed E-state index contributed by atoms with van der Waals surface area (Å²) in [5.41, 5.74) is -0.589. The monoisotopic (exact) mass is 329 g/mol. The highest BCUT2D eigenvalue weighted by Gasteiger charge is 2.34. The first-order valence-electron chi connectivity index (χ1n) is 7.73. The number of urea groups is 1. The van der Waals surface area contributed by atoms with Crippen LogP contribution in [0.1, 0.15) is 31.2 Å². The number of carbonyl (C=O) groups excluding carboxylic acids is 1. The van der Waals surface area contributed by atoms with Crippen LogP contribution in [0.5, 0.6) is 0 Å². The number of alkyl halides is 3. The van der Waals surface area contributed by atoms with E-state index in [0.717, 1.165) is 31.7 Å². The van der Waals surface area contributed by atoms with E-state index in [2.05, 4.69) is 5.32 Å². The van der Waals surface area contributed by atoms with Crippen LogP contribution in [0.3, 0.4) is 0 Å². The van der Waals surface area contributed by atoms with Gasteiger partial charge in [-0.05, 0) is 31.0 Å². The number of benzene rings is 1. The Hall–Kier alpha value is -1.92. The molecule has 2 rings (SSSR count). The van der Waals surface area contributed by atoms with Gasteiger partial charge >= 0.3 is 12.2 Å². The number of nitrogens with one attached hydrogen (secondary N) is 1. The minimum Gasteiger partial charge on any atom is -0.378 e. The molecule has 0 unspecified atom stereocenters. The van der Waals surface area contributed by atoms with Crippen molar-refractivity contribution in [1.82, 2.24) is 4.90 Å². The molecule has 1 aliphatic heterocycles. The predicted octanol–water partition coefficient (Wildman–Crippen LogP) is 4.18. The first-order chi connectivity index (χ1) is 10.8. The number of likely N-dealkylation sites (tertiary alicyclic amines) is 1. The summed E-state index contributed by atoms with van der Waals surface area (Å²) in [4.78, 5) is 15.4. The Morgan fingerprint density at radius 1 is 1.13 bits per heavy atom. The lowest BCUT2D eigenvalue weighted by Crippen LogP contribution is -2.36. The minimum atomic E-state index is -4.52. The van der Waals surface area contributed by atoms with Crippen molar-refractivity contribution >= 4 is 17.4 Å². The van der Waals surface area contributed by atoms with Crippen LogP contribution in [-0.4, -0.2) is 38.1 Å². The molecular formula is C16H22F3N3O. The maximum Gasteiger partial charge on any atom is 0.418 e. The second kappa shape index (κ2) is 7.10. The lowest BCUT2D eigenvalue weighted by Gasteiger charge is -2.23. The third-order valence-electron chi connectivity index (χ3n) is 3.96. The van der Waals surface area contributed by atoms with E-state index in [1.807, 2.05) is 0 Å². The molecule has 0 radical (unpaired) electrons. The van der Waals surface area contributed by atoms with Crippen LogP contribution in [0.15, 0.2) is 18.2 Å². The van der Waals surface area contributed by atoms with Crippen LogP contribution in [0, 0.1) is 0 Å². The maximum atomic E-state index is 13.3. The van der Waals surface area contributed by atoms with Crippen LogP contribution in [0.2, 0.25) is 0 Å². The summed E-state index contributed by atoms with van der Waals surface area (Å²) in [6, 6.07) is 3.47. The van der Waals surface area contributed by atoms with Crippen LogP contribution in [0.4, 0.5) is 29.3 Å². The molecule has 23 heavy (non-hydrogen) atoms. The summed E-state index contributed by atoms with van der Waals surface area (Å²) in [6.07, 6.45) is -0.643. The van der Waals surface area contributed by atoms with Gasteiger partial charge in [0.1, 0.15) is 0 Å². The third kappa shape index (κ3) is 4.53. The average Bonchev–Trinajstić information content (AvgIpc) is 2.75. The van der Waals surface area contributed by atoms with Crippen molar-refractivity contribution < 1.29 is 18.0 Å². The van der Waals surface area contributed by atoms with E-state index in [0.29, 0.717) is 18.8 Å². The normalized spacial score (nSPS) is 16.0. The molecule has 1 heterocycles. The van der Waals surface area contributed by atoms with Gasteiger partial charge in [0, 0.05) is 32.9 Å². The number of hydrogen-bond donors (Lipinski definition) is 1. The van der Waals surface area contributed by atoms with Gasteiger partial charge in [-0.1, -0.05) is 12.8 Å². The molecule has 2 amide bonds. The molecule has 0 spiro atoms. The molecule has 7 heteroatoms. The quantitative estimate of drug-likeness (QED) is 0.883. The minimum absolute atomic E-state index is 0.197. The smallest absolute Gasteiger partial charge is 0.378 e. The number of rotatable bonds is 2. The molecule has 1 saturated heterocycles. The maximum absolute atomic E-state index is 13.3. The average molecular weight is 329 g/mol. The van der Waals surface area contributed by atoms with Gasteiger partial charge in [-0.2, -0.15) is 13.2 Å². The van der Waals surface area contributed by atoms with Crippen molar-refractivity contribution in [3.8, 4) is 0 Å². The van der Waals surface area contributed by atoms with Crippen LogP contribution >= 0.6 is 0 Å². The van der Waals surface area contributed by atoms with Gasteiger partial charge in [0.25, 0.3) is 0 Å². The van der Waals surface area contributed by atoms with E-state index in [-0.39, 0.29) is 5.69 Å². The molecule has 1 aliphatic rings. The van der Waals surface area contributed by atoms with Crippen molar-refractivity contribution in [2.45, 2.75) is 31.9 Å². The summed E-state index contributed by atoms with van der Waals surface area (Å²) in [5, 5.41) is 2.43. The van der Waals surface area contributed by atoms with Gasteiger partial charge in [-0.15, -0.1) is 0 Å². The fourth-order valence-electron chi connectivity index (χ4n) is 2.62. The zero-order valence-electron chi connectivity index (χ0n) is 13.4. The van der Waals surface area contributed by atoms with E-state index in [4.69, 9.17) is 0 Å². The number of amides is 2. The van der Waals surface area contributed by atoms with Gasteiger partial charge in [0.2, 0.25) is 0 Å². The Morgan fingerprint density at radius 3 is 2.26 bits per heavy atom. The predicted molar refractivity (Wildman–Crippen MR) is 84.8 cm³/mol. The van der Waals surface area contributed by atoms with Crippen molar-refractivity contribution in [3.05, 3.63) is 23.8 Å². The van der Waals surface area contributed by atoms with Crippen molar-refractivity contribution in [2.75, 3.05) is 37.4 Å². The molecule has 0 atom stereocenters. The molecule has 0 aromatic heterocycles. The van der Waals surface area contributed by atoms with Crippen molar-refractivity contribution in [3.63, 3.8) is 0 Å². The zero-order chi connectivity index (χ0) is 17.0. The van der Waals surface area contributed by atoms with E-state index in [1.165, 1.54) is 6.07 Å². The number of hydrogen-bond acceptors (Lipinski definition) is 2.